The highest BCUT2D eigenvalue weighted by molar-refractivity contribution is 7.92. The Morgan fingerprint density at radius 1 is 0.833 bits per heavy atom. The SMILES string of the molecule is O=C(O)c1ccccc1-c1cccc(C2(S(=O)(=O)c3ccccc3)CNC(=O)N2c2ccccc2)c1. The van der Waals surface area contributed by atoms with Gasteiger partial charge in [0.1, 0.15) is 0 Å². The number of nitrogens with one attached hydrogen (secondary N) is 1. The summed E-state index contributed by atoms with van der Waals surface area (Å²) in [5.41, 5.74) is 1.83. The Hall–Kier alpha value is -4.43. The molecule has 0 radical (unpaired) electrons. The number of hydrogen-bond donors (Lipinski definition) is 2. The van der Waals surface area contributed by atoms with Crippen molar-refractivity contribution in [2.45, 2.75) is 9.77 Å². The number of urea groups is 1. The van der Waals surface area contributed by atoms with Crippen molar-refractivity contribution in [3.05, 3.63) is 120 Å². The van der Waals surface area contributed by atoms with Crippen LogP contribution >= 0.6 is 0 Å². The van der Waals surface area contributed by atoms with E-state index in [1.54, 1.807) is 91.0 Å². The first-order valence-electron chi connectivity index (χ1n) is 11.2. The Kier molecular flexibility index (Phi) is 5.81. The summed E-state index contributed by atoms with van der Waals surface area (Å²) in [5.74, 6) is -1.09. The molecule has 1 aliphatic heterocycles. The van der Waals surface area contributed by atoms with Crippen LogP contribution in [-0.4, -0.2) is 32.1 Å². The van der Waals surface area contributed by atoms with Crippen molar-refractivity contribution >= 4 is 27.5 Å². The van der Waals surface area contributed by atoms with Crippen LogP contribution in [0.15, 0.2) is 114 Å². The number of rotatable bonds is 6. The monoisotopic (exact) mass is 498 g/mol. The van der Waals surface area contributed by atoms with Crippen molar-refractivity contribution in [3.8, 4) is 11.1 Å². The molecular formula is C28H22N2O5S. The van der Waals surface area contributed by atoms with Crippen LogP contribution in [0.25, 0.3) is 11.1 Å². The van der Waals surface area contributed by atoms with Gasteiger partial charge in [-0.05, 0) is 53.1 Å². The van der Waals surface area contributed by atoms with Crippen LogP contribution in [0.4, 0.5) is 10.5 Å². The van der Waals surface area contributed by atoms with Gasteiger partial charge < -0.3 is 10.4 Å². The molecule has 1 saturated heterocycles. The number of amides is 2. The summed E-state index contributed by atoms with van der Waals surface area (Å²) in [6, 6.07) is 29.3. The Balaban J connectivity index is 1.80. The van der Waals surface area contributed by atoms with Gasteiger partial charge in [0.05, 0.1) is 17.0 Å². The molecule has 5 rings (SSSR count). The minimum Gasteiger partial charge on any atom is -0.478 e. The zero-order chi connectivity index (χ0) is 25.3. The van der Waals surface area contributed by atoms with Crippen LogP contribution < -0.4 is 10.2 Å². The second-order valence-electron chi connectivity index (χ2n) is 8.36. The molecule has 2 N–H and O–H groups in total. The number of carboxylic acid groups (broad SMARTS) is 1. The lowest BCUT2D eigenvalue weighted by Crippen LogP contribution is -2.51. The first-order valence-corrected chi connectivity index (χ1v) is 12.7. The fourth-order valence-electron chi connectivity index (χ4n) is 4.67. The maximum Gasteiger partial charge on any atom is 0.336 e. The molecule has 1 aliphatic rings. The summed E-state index contributed by atoms with van der Waals surface area (Å²) in [4.78, 5) is 24.6. The van der Waals surface area contributed by atoms with Gasteiger partial charge in [-0.2, -0.15) is 0 Å². The van der Waals surface area contributed by atoms with Crippen LogP contribution in [0.3, 0.4) is 0 Å². The molecule has 1 atom stereocenters. The van der Waals surface area contributed by atoms with E-state index in [-0.39, 0.29) is 17.0 Å². The topological polar surface area (TPSA) is 104 Å². The molecule has 8 heteroatoms. The molecular weight excluding hydrogens is 476 g/mol. The predicted octanol–water partition coefficient (Wildman–Crippen LogP) is 4.91. The first kappa shape index (κ1) is 23.3. The summed E-state index contributed by atoms with van der Waals surface area (Å²) >= 11 is 0. The van der Waals surface area contributed by atoms with Crippen molar-refractivity contribution in [2.75, 3.05) is 11.4 Å². The number of nitrogens with zero attached hydrogens (tertiary/aromatic N) is 1. The van der Waals surface area contributed by atoms with Crippen LogP contribution in [0, 0.1) is 0 Å². The van der Waals surface area contributed by atoms with Gasteiger partial charge >= 0.3 is 12.0 Å². The number of carbonyl (C=O) groups excluding carboxylic acids is 1. The van der Waals surface area contributed by atoms with Crippen LogP contribution in [0.2, 0.25) is 0 Å². The maximum atomic E-state index is 14.4. The summed E-state index contributed by atoms with van der Waals surface area (Å²) in [5, 5.41) is 12.4. The molecule has 7 nitrogen and oxygen atoms in total. The van der Waals surface area contributed by atoms with Crippen molar-refractivity contribution in [3.63, 3.8) is 0 Å². The van der Waals surface area contributed by atoms with Crippen LogP contribution in [0.5, 0.6) is 0 Å². The zero-order valence-corrected chi connectivity index (χ0v) is 19.9. The molecule has 2 amide bonds. The van der Waals surface area contributed by atoms with Gasteiger partial charge in [0, 0.05) is 5.69 Å². The highest BCUT2D eigenvalue weighted by Crippen LogP contribution is 2.45. The fourth-order valence-corrected chi connectivity index (χ4v) is 6.70. The molecule has 0 aromatic heterocycles. The molecule has 0 bridgehead atoms. The lowest BCUT2D eigenvalue weighted by Gasteiger charge is -2.37. The molecule has 0 spiro atoms. The zero-order valence-electron chi connectivity index (χ0n) is 19.0. The number of anilines is 1. The summed E-state index contributed by atoms with van der Waals surface area (Å²) in [7, 11) is -4.18. The third-order valence-corrected chi connectivity index (χ3v) is 8.68. The number of para-hydroxylation sites is 1. The lowest BCUT2D eigenvalue weighted by atomic mass is 9.95. The molecule has 4 aromatic rings. The second kappa shape index (κ2) is 8.98. The lowest BCUT2D eigenvalue weighted by molar-refractivity contribution is 0.0697. The molecule has 1 unspecified atom stereocenters. The summed E-state index contributed by atoms with van der Waals surface area (Å²) < 4.78 is 28.8. The maximum absolute atomic E-state index is 14.4. The Morgan fingerprint density at radius 2 is 1.47 bits per heavy atom. The van der Waals surface area contributed by atoms with Crippen molar-refractivity contribution in [1.29, 1.82) is 0 Å². The van der Waals surface area contributed by atoms with E-state index >= 15 is 0 Å². The van der Waals surface area contributed by atoms with Gasteiger partial charge in [-0.3, -0.25) is 4.90 Å². The van der Waals surface area contributed by atoms with Gasteiger partial charge in [-0.15, -0.1) is 0 Å². The second-order valence-corrected chi connectivity index (χ2v) is 10.5. The predicted molar refractivity (Wildman–Crippen MR) is 136 cm³/mol. The number of hydrogen-bond acceptors (Lipinski definition) is 4. The summed E-state index contributed by atoms with van der Waals surface area (Å²) in [6.45, 7) is -0.192. The van der Waals surface area contributed by atoms with E-state index in [0.717, 1.165) is 0 Å². The summed E-state index contributed by atoms with van der Waals surface area (Å²) in [6.07, 6.45) is 0. The quantitative estimate of drug-likeness (QED) is 0.393. The van der Waals surface area contributed by atoms with Crippen molar-refractivity contribution in [2.24, 2.45) is 0 Å². The number of carbonyl (C=O) groups is 2. The third-order valence-electron chi connectivity index (χ3n) is 6.34. The molecule has 180 valence electrons. The fraction of sp³-hybridized carbons (Fsp3) is 0.0714. The van der Waals surface area contributed by atoms with Gasteiger partial charge in [0.25, 0.3) is 0 Å². The van der Waals surface area contributed by atoms with Gasteiger partial charge in [-0.1, -0.05) is 72.8 Å². The van der Waals surface area contributed by atoms with Gasteiger partial charge in [-0.25, -0.2) is 18.0 Å². The van der Waals surface area contributed by atoms with E-state index in [1.807, 2.05) is 0 Å². The number of sulfone groups is 1. The van der Waals surface area contributed by atoms with E-state index in [9.17, 15) is 23.1 Å². The van der Waals surface area contributed by atoms with E-state index in [4.69, 9.17) is 0 Å². The number of benzene rings is 4. The van der Waals surface area contributed by atoms with Crippen molar-refractivity contribution in [1.82, 2.24) is 5.32 Å². The number of carboxylic acids is 1. The minimum atomic E-state index is -4.18. The smallest absolute Gasteiger partial charge is 0.336 e. The average molecular weight is 499 g/mol. The third kappa shape index (κ3) is 3.63. The van der Waals surface area contributed by atoms with E-state index in [0.29, 0.717) is 22.4 Å². The molecule has 0 aliphatic carbocycles. The first-order chi connectivity index (χ1) is 17.4. The molecule has 4 aromatic carbocycles. The number of aromatic carboxylic acids is 1. The highest BCUT2D eigenvalue weighted by atomic mass is 32.2. The standard InChI is InChI=1S/C28H22N2O5S/c31-26(32)25-17-8-7-16-24(25)20-10-9-11-21(18-20)28(36(34,35)23-14-5-2-6-15-23)19-29-27(33)30(28)22-12-3-1-4-13-22/h1-18H,19H2,(H,29,33)(H,31,32). The van der Waals surface area contributed by atoms with E-state index in [1.165, 1.54) is 23.1 Å². The molecule has 1 fully saturated rings. The molecule has 1 heterocycles. The normalized spacial score (nSPS) is 17.6. The molecule has 36 heavy (non-hydrogen) atoms. The minimum absolute atomic E-state index is 0.0683. The van der Waals surface area contributed by atoms with Gasteiger partial charge in [0.2, 0.25) is 9.84 Å². The average Bonchev–Trinajstić information content (AvgIpc) is 3.28. The molecule has 0 saturated carbocycles. The van der Waals surface area contributed by atoms with Gasteiger partial charge in [0.15, 0.2) is 4.87 Å². The van der Waals surface area contributed by atoms with E-state index < -0.39 is 26.7 Å². The van der Waals surface area contributed by atoms with Crippen LogP contribution in [0.1, 0.15) is 15.9 Å². The largest absolute Gasteiger partial charge is 0.478 e. The van der Waals surface area contributed by atoms with Crippen molar-refractivity contribution < 1.29 is 23.1 Å². The Morgan fingerprint density at radius 3 is 2.17 bits per heavy atom. The Bertz CT molecular complexity index is 1560. The highest BCUT2D eigenvalue weighted by Gasteiger charge is 2.58. The van der Waals surface area contributed by atoms with E-state index in [2.05, 4.69) is 5.32 Å². The Labute approximate surface area is 208 Å². The van der Waals surface area contributed by atoms with Crippen LogP contribution in [-0.2, 0) is 14.7 Å².